The number of ether oxygens (including phenoxy) is 3. The lowest BCUT2D eigenvalue weighted by atomic mass is 9.69. The topological polar surface area (TPSA) is 74.2 Å². The number of carbonyl (C=O) groups is 2. The van der Waals surface area contributed by atoms with Gasteiger partial charge in [-0.3, -0.25) is 9.79 Å². The van der Waals surface area contributed by atoms with Gasteiger partial charge in [0.15, 0.2) is 11.5 Å². The summed E-state index contributed by atoms with van der Waals surface area (Å²) in [5, 5.41) is 0. The molecule has 2 aromatic carbocycles. The van der Waals surface area contributed by atoms with Crippen molar-refractivity contribution in [2.75, 3.05) is 14.2 Å². The van der Waals surface area contributed by atoms with Crippen LogP contribution >= 0.6 is 0 Å². The smallest absolute Gasteiger partial charge is 0.336 e. The summed E-state index contributed by atoms with van der Waals surface area (Å²) in [7, 11) is 3.14. The quantitative estimate of drug-likeness (QED) is 0.621. The molecule has 2 atom stereocenters. The minimum absolute atomic E-state index is 0.107. The van der Waals surface area contributed by atoms with Gasteiger partial charge in [0.2, 0.25) is 0 Å². The molecule has 1 aliphatic carbocycles. The molecule has 0 bridgehead atoms. The first-order valence-electron chi connectivity index (χ1n) is 10.8. The number of allylic oxidation sites excluding steroid dienone is 1. The highest BCUT2D eigenvalue weighted by Crippen LogP contribution is 2.45. The SMILES string of the molecule is COc1ccc(C2C(C(=O)OCc3ccccc3)=C(C)N=C3CCCC(=O)C32)cc1OC. The summed E-state index contributed by atoms with van der Waals surface area (Å²) < 4.78 is 16.5. The zero-order valence-electron chi connectivity index (χ0n) is 18.6. The average Bonchev–Trinajstić information content (AvgIpc) is 2.82. The molecule has 6 heteroatoms. The molecule has 4 rings (SSSR count). The molecule has 6 nitrogen and oxygen atoms in total. The highest BCUT2D eigenvalue weighted by molar-refractivity contribution is 6.11. The van der Waals surface area contributed by atoms with E-state index in [9.17, 15) is 9.59 Å². The molecule has 1 heterocycles. The van der Waals surface area contributed by atoms with Crippen LogP contribution in [0, 0.1) is 5.92 Å². The van der Waals surface area contributed by atoms with E-state index in [-0.39, 0.29) is 12.4 Å². The van der Waals surface area contributed by atoms with E-state index in [1.54, 1.807) is 20.3 Å². The van der Waals surface area contributed by atoms with Crippen molar-refractivity contribution in [2.45, 2.75) is 38.7 Å². The van der Waals surface area contributed by atoms with Gasteiger partial charge in [0.25, 0.3) is 0 Å². The van der Waals surface area contributed by atoms with Crippen LogP contribution in [0.5, 0.6) is 11.5 Å². The molecular weight excluding hydrogens is 406 g/mol. The lowest BCUT2D eigenvalue weighted by molar-refractivity contribution is -0.140. The third kappa shape index (κ3) is 4.17. The molecule has 2 aromatic rings. The van der Waals surface area contributed by atoms with Crippen LogP contribution in [0.3, 0.4) is 0 Å². The fourth-order valence-electron chi connectivity index (χ4n) is 4.59. The molecule has 0 spiro atoms. The van der Waals surface area contributed by atoms with E-state index in [1.807, 2.05) is 49.4 Å². The number of rotatable bonds is 6. The molecule has 166 valence electrons. The van der Waals surface area contributed by atoms with Gasteiger partial charge in [-0.2, -0.15) is 0 Å². The Morgan fingerprint density at radius 1 is 1.00 bits per heavy atom. The van der Waals surface area contributed by atoms with Crippen molar-refractivity contribution in [2.24, 2.45) is 10.9 Å². The van der Waals surface area contributed by atoms with Crippen molar-refractivity contribution in [3.63, 3.8) is 0 Å². The standard InChI is InChI=1S/C26H27NO5/c1-16-23(26(29)32-15-17-8-5-4-6-9-17)24(25-19(27-16)10-7-11-20(25)28)18-12-13-21(30-2)22(14-18)31-3/h4-6,8-9,12-14,24-25H,7,10-11,15H2,1-3H3. The second-order valence-corrected chi connectivity index (χ2v) is 8.05. The van der Waals surface area contributed by atoms with Crippen molar-refractivity contribution in [1.82, 2.24) is 0 Å². The molecule has 0 radical (unpaired) electrons. The summed E-state index contributed by atoms with van der Waals surface area (Å²) in [6.07, 6.45) is 2.02. The third-order valence-electron chi connectivity index (χ3n) is 6.11. The van der Waals surface area contributed by atoms with Gasteiger partial charge in [0.1, 0.15) is 12.4 Å². The first kappa shape index (κ1) is 21.8. The zero-order valence-corrected chi connectivity index (χ0v) is 18.6. The molecule has 1 saturated carbocycles. The monoisotopic (exact) mass is 433 g/mol. The van der Waals surface area contributed by atoms with Gasteiger partial charge < -0.3 is 14.2 Å². The highest BCUT2D eigenvalue weighted by Gasteiger charge is 2.44. The maximum atomic E-state index is 13.3. The summed E-state index contributed by atoms with van der Waals surface area (Å²) in [4.78, 5) is 31.0. The number of nitrogens with zero attached hydrogens (tertiary/aromatic N) is 1. The Labute approximate surface area is 187 Å². The molecule has 32 heavy (non-hydrogen) atoms. The minimum atomic E-state index is -0.474. The maximum Gasteiger partial charge on any atom is 0.336 e. The number of ketones is 1. The Morgan fingerprint density at radius 2 is 1.75 bits per heavy atom. The minimum Gasteiger partial charge on any atom is -0.493 e. The third-order valence-corrected chi connectivity index (χ3v) is 6.11. The van der Waals surface area contributed by atoms with E-state index in [4.69, 9.17) is 14.2 Å². The van der Waals surface area contributed by atoms with Crippen molar-refractivity contribution >= 4 is 17.5 Å². The van der Waals surface area contributed by atoms with Gasteiger partial charge in [-0.15, -0.1) is 0 Å². The van der Waals surface area contributed by atoms with Crippen LogP contribution in [0.15, 0.2) is 64.8 Å². The Kier molecular flexibility index (Phi) is 6.40. The van der Waals surface area contributed by atoms with Crippen LogP contribution in [0.2, 0.25) is 0 Å². The normalized spacial score (nSPS) is 20.3. The molecule has 0 amide bonds. The van der Waals surface area contributed by atoms with Crippen LogP contribution in [0.1, 0.15) is 43.2 Å². The molecule has 0 saturated heterocycles. The van der Waals surface area contributed by atoms with Gasteiger partial charge in [-0.25, -0.2) is 4.79 Å². The molecule has 2 aliphatic rings. The number of benzene rings is 2. The Balaban J connectivity index is 1.75. The van der Waals surface area contributed by atoms with Crippen LogP contribution in [0.25, 0.3) is 0 Å². The van der Waals surface area contributed by atoms with E-state index in [0.717, 1.165) is 29.7 Å². The number of hydrogen-bond acceptors (Lipinski definition) is 6. The number of carbonyl (C=O) groups excluding carboxylic acids is 2. The van der Waals surface area contributed by atoms with Crippen molar-refractivity contribution < 1.29 is 23.8 Å². The Hall–Kier alpha value is -3.41. The van der Waals surface area contributed by atoms with E-state index in [0.29, 0.717) is 29.2 Å². The predicted octanol–water partition coefficient (Wildman–Crippen LogP) is 4.63. The van der Waals surface area contributed by atoms with Crippen molar-refractivity contribution in [3.8, 4) is 11.5 Å². The lowest BCUT2D eigenvalue weighted by Gasteiger charge is -2.35. The summed E-state index contributed by atoms with van der Waals surface area (Å²) >= 11 is 0. The molecule has 0 aromatic heterocycles. The summed E-state index contributed by atoms with van der Waals surface area (Å²) in [5.41, 5.74) is 3.58. The number of fused-ring (bicyclic) bond motifs is 1. The van der Waals surface area contributed by atoms with E-state index >= 15 is 0 Å². The average molecular weight is 434 g/mol. The van der Waals surface area contributed by atoms with E-state index in [1.165, 1.54) is 0 Å². The number of hydrogen-bond donors (Lipinski definition) is 0. The maximum absolute atomic E-state index is 13.3. The highest BCUT2D eigenvalue weighted by atomic mass is 16.5. The number of aliphatic imine (C=N–C) groups is 1. The largest absolute Gasteiger partial charge is 0.493 e. The van der Waals surface area contributed by atoms with Crippen molar-refractivity contribution in [1.29, 1.82) is 0 Å². The number of methoxy groups -OCH3 is 2. The molecule has 1 fully saturated rings. The Bertz CT molecular complexity index is 1090. The fourth-order valence-corrected chi connectivity index (χ4v) is 4.59. The summed E-state index contributed by atoms with van der Waals surface area (Å²) in [6.45, 7) is 1.97. The molecular formula is C26H27NO5. The molecule has 1 aliphatic heterocycles. The van der Waals surface area contributed by atoms with Gasteiger partial charge in [0, 0.05) is 23.7 Å². The lowest BCUT2D eigenvalue weighted by Crippen LogP contribution is -2.39. The van der Waals surface area contributed by atoms with E-state index < -0.39 is 17.8 Å². The first-order valence-corrected chi connectivity index (χ1v) is 10.8. The second kappa shape index (κ2) is 9.39. The Morgan fingerprint density at radius 3 is 2.47 bits per heavy atom. The van der Waals surface area contributed by atoms with Crippen LogP contribution in [-0.2, 0) is 20.9 Å². The number of esters is 1. The van der Waals surface area contributed by atoms with Gasteiger partial charge in [-0.1, -0.05) is 36.4 Å². The fraction of sp³-hybridized carbons (Fsp3) is 0.346. The van der Waals surface area contributed by atoms with Gasteiger partial charge in [-0.05, 0) is 43.0 Å². The van der Waals surface area contributed by atoms with Gasteiger partial charge in [0.05, 0.1) is 25.7 Å². The second-order valence-electron chi connectivity index (χ2n) is 8.05. The predicted molar refractivity (Wildman–Crippen MR) is 121 cm³/mol. The van der Waals surface area contributed by atoms with Crippen molar-refractivity contribution in [3.05, 3.63) is 70.9 Å². The van der Waals surface area contributed by atoms with Crippen LogP contribution in [0.4, 0.5) is 0 Å². The number of Topliss-reactive ketones (excluding diaryl/α,β-unsaturated/α-hetero) is 1. The van der Waals surface area contributed by atoms with Crippen LogP contribution < -0.4 is 9.47 Å². The summed E-state index contributed by atoms with van der Waals surface area (Å²) in [6, 6.07) is 15.0. The zero-order chi connectivity index (χ0) is 22.7. The summed E-state index contributed by atoms with van der Waals surface area (Å²) in [5.74, 6) is -0.150. The molecule has 0 N–H and O–H groups in total. The van der Waals surface area contributed by atoms with Gasteiger partial charge >= 0.3 is 5.97 Å². The van der Waals surface area contributed by atoms with E-state index in [2.05, 4.69) is 4.99 Å². The van der Waals surface area contributed by atoms with Crippen LogP contribution in [-0.4, -0.2) is 31.7 Å². The first-order chi connectivity index (χ1) is 15.5. The molecule has 2 unspecified atom stereocenters.